The van der Waals surface area contributed by atoms with Gasteiger partial charge in [-0.05, 0) is 43.2 Å². The number of benzene rings is 1. The first kappa shape index (κ1) is 14.8. The number of para-hydroxylation sites is 1. The zero-order valence-electron chi connectivity index (χ0n) is 13.6. The third kappa shape index (κ3) is 1.92. The maximum Gasteiger partial charge on any atom is 0.122 e. The van der Waals surface area contributed by atoms with Crippen molar-refractivity contribution < 1.29 is 0 Å². The second-order valence-electron chi connectivity index (χ2n) is 6.36. The monoisotopic (exact) mass is 326 g/mol. The van der Waals surface area contributed by atoms with Gasteiger partial charge in [-0.1, -0.05) is 18.2 Å². The van der Waals surface area contributed by atoms with Crippen LogP contribution in [0, 0.1) is 0 Å². The lowest BCUT2D eigenvalue weighted by Crippen LogP contribution is -2.47. The molecule has 0 radical (unpaired) electrons. The molecular weight excluding hydrogens is 304 g/mol. The molecule has 0 saturated carbocycles. The highest BCUT2D eigenvalue weighted by Gasteiger charge is 2.53. The van der Waals surface area contributed by atoms with Crippen molar-refractivity contribution in [1.82, 2.24) is 5.32 Å². The largest absolute Gasteiger partial charge is 0.371 e. The average molecular weight is 326 g/mol. The summed E-state index contributed by atoms with van der Waals surface area (Å²) in [5.74, 6) is 1.91. The van der Waals surface area contributed by atoms with Gasteiger partial charge in [0.05, 0.1) is 12.0 Å². The first-order valence-corrected chi connectivity index (χ1v) is 8.86. The number of fused-ring (bicyclic) bond motifs is 3. The van der Waals surface area contributed by atoms with Crippen LogP contribution in [-0.2, 0) is 5.41 Å². The van der Waals surface area contributed by atoms with Crippen LogP contribution in [0.15, 0.2) is 45.5 Å². The number of allylic oxidation sites excluding steroid dienone is 1. The summed E-state index contributed by atoms with van der Waals surface area (Å²) in [6.45, 7) is 6.08. The molecule has 5 heteroatoms. The Kier molecular flexibility index (Phi) is 3.48. The van der Waals surface area contributed by atoms with Gasteiger partial charge in [-0.15, -0.1) is 0 Å². The lowest BCUT2D eigenvalue weighted by Gasteiger charge is -2.38. The molecule has 1 N–H and O–H groups in total. The summed E-state index contributed by atoms with van der Waals surface area (Å²) < 4.78 is 0. The molecule has 1 aromatic rings. The second kappa shape index (κ2) is 5.41. The standard InChI is InChI=1S/C18H22N4S/c1-12-11-21-13(2)22-15-6-4-3-5-14(15)18(7-10-23,16(12)22)17-19-8-9-20-17/h3-6,11,13,23H,7-10H2,1-2H3,(H,19,20). The summed E-state index contributed by atoms with van der Waals surface area (Å²) in [4.78, 5) is 11.9. The van der Waals surface area contributed by atoms with E-state index in [0.717, 1.165) is 31.1 Å². The molecule has 2 unspecified atom stereocenters. The molecule has 4 rings (SSSR count). The van der Waals surface area contributed by atoms with Crippen LogP contribution in [0.3, 0.4) is 0 Å². The molecule has 4 nitrogen and oxygen atoms in total. The minimum absolute atomic E-state index is 0.110. The van der Waals surface area contributed by atoms with E-state index < -0.39 is 0 Å². The average Bonchev–Trinajstić information content (AvgIpc) is 3.18. The zero-order valence-corrected chi connectivity index (χ0v) is 14.5. The fraction of sp³-hybridized carbons (Fsp3) is 0.444. The number of rotatable bonds is 3. The summed E-state index contributed by atoms with van der Waals surface area (Å²) in [5, 5.41) is 3.54. The van der Waals surface area contributed by atoms with Crippen molar-refractivity contribution in [2.24, 2.45) is 9.98 Å². The number of hydrogen-bond acceptors (Lipinski definition) is 5. The van der Waals surface area contributed by atoms with Gasteiger partial charge in [0.1, 0.15) is 12.0 Å². The van der Waals surface area contributed by atoms with Crippen LogP contribution in [0.1, 0.15) is 25.8 Å². The Bertz CT molecular complexity index is 736. The summed E-state index contributed by atoms with van der Waals surface area (Å²) in [7, 11) is 0. The molecule has 0 saturated heterocycles. The van der Waals surface area contributed by atoms with Crippen molar-refractivity contribution in [3.05, 3.63) is 41.1 Å². The molecular formula is C18H22N4S. The molecule has 23 heavy (non-hydrogen) atoms. The van der Waals surface area contributed by atoms with E-state index in [1.54, 1.807) is 0 Å². The molecule has 0 fully saturated rings. The van der Waals surface area contributed by atoms with E-state index in [4.69, 9.17) is 4.99 Å². The van der Waals surface area contributed by atoms with Crippen LogP contribution in [-0.4, -0.2) is 37.1 Å². The number of thiol groups is 1. The van der Waals surface area contributed by atoms with Crippen LogP contribution in [0.5, 0.6) is 0 Å². The Morgan fingerprint density at radius 3 is 2.96 bits per heavy atom. The zero-order chi connectivity index (χ0) is 16.0. The van der Waals surface area contributed by atoms with Crippen LogP contribution < -0.4 is 10.2 Å². The number of nitrogens with one attached hydrogen (secondary N) is 1. The first-order valence-electron chi connectivity index (χ1n) is 8.23. The number of hydrogen-bond donors (Lipinski definition) is 2. The smallest absolute Gasteiger partial charge is 0.122 e. The van der Waals surface area contributed by atoms with Crippen molar-refractivity contribution in [3.8, 4) is 0 Å². The Labute approximate surface area is 142 Å². The van der Waals surface area contributed by atoms with Crippen LogP contribution >= 0.6 is 12.6 Å². The highest BCUT2D eigenvalue weighted by Crippen LogP contribution is 2.53. The van der Waals surface area contributed by atoms with E-state index in [9.17, 15) is 0 Å². The summed E-state index contributed by atoms with van der Waals surface area (Å²) in [5.41, 5.74) is 4.90. The highest BCUT2D eigenvalue weighted by molar-refractivity contribution is 7.80. The number of nitrogens with zero attached hydrogens (tertiary/aromatic N) is 3. The van der Waals surface area contributed by atoms with E-state index in [-0.39, 0.29) is 11.6 Å². The van der Waals surface area contributed by atoms with Crippen LogP contribution in [0.4, 0.5) is 5.69 Å². The minimum Gasteiger partial charge on any atom is -0.371 e. The van der Waals surface area contributed by atoms with E-state index in [1.807, 2.05) is 6.21 Å². The predicted octanol–water partition coefficient (Wildman–Crippen LogP) is 2.77. The molecule has 1 aromatic carbocycles. The van der Waals surface area contributed by atoms with E-state index >= 15 is 0 Å². The number of aliphatic imine (C=N–C) groups is 2. The Morgan fingerprint density at radius 1 is 1.39 bits per heavy atom. The van der Waals surface area contributed by atoms with Gasteiger partial charge in [-0.25, -0.2) is 0 Å². The van der Waals surface area contributed by atoms with E-state index in [2.05, 4.69) is 66.0 Å². The lowest BCUT2D eigenvalue weighted by molar-refractivity contribution is 0.606. The maximum atomic E-state index is 4.82. The second-order valence-corrected chi connectivity index (χ2v) is 6.81. The topological polar surface area (TPSA) is 40.0 Å². The molecule has 2 atom stereocenters. The normalized spacial score (nSPS) is 28.6. The molecule has 3 aliphatic heterocycles. The van der Waals surface area contributed by atoms with Crippen molar-refractivity contribution in [2.45, 2.75) is 31.8 Å². The molecule has 3 heterocycles. The van der Waals surface area contributed by atoms with Crippen molar-refractivity contribution in [1.29, 1.82) is 0 Å². The third-order valence-corrected chi connectivity index (χ3v) is 5.29. The fourth-order valence-corrected chi connectivity index (χ4v) is 4.56. The maximum absolute atomic E-state index is 4.82. The van der Waals surface area contributed by atoms with Crippen molar-refractivity contribution >= 4 is 30.4 Å². The van der Waals surface area contributed by atoms with Gasteiger partial charge in [-0.3, -0.25) is 9.98 Å². The van der Waals surface area contributed by atoms with Gasteiger partial charge >= 0.3 is 0 Å². The van der Waals surface area contributed by atoms with Crippen LogP contribution in [0.2, 0.25) is 0 Å². The molecule has 3 aliphatic rings. The molecule has 0 aliphatic carbocycles. The Hall–Kier alpha value is -1.75. The Balaban J connectivity index is 2.04. The van der Waals surface area contributed by atoms with Gasteiger partial charge in [-0.2, -0.15) is 12.6 Å². The summed E-state index contributed by atoms with van der Waals surface area (Å²) in [6.07, 6.45) is 3.06. The van der Waals surface area contributed by atoms with Gasteiger partial charge in [0, 0.05) is 24.1 Å². The molecule has 0 spiro atoms. The van der Waals surface area contributed by atoms with Crippen LogP contribution in [0.25, 0.3) is 0 Å². The molecule has 120 valence electrons. The summed E-state index contributed by atoms with van der Waals surface area (Å²) >= 11 is 4.58. The number of amidine groups is 1. The van der Waals surface area contributed by atoms with Gasteiger partial charge in [0.25, 0.3) is 0 Å². The minimum atomic E-state index is -0.223. The number of anilines is 1. The fourth-order valence-electron chi connectivity index (χ4n) is 4.22. The quantitative estimate of drug-likeness (QED) is 0.839. The molecule has 0 aromatic heterocycles. The Morgan fingerprint density at radius 2 is 2.22 bits per heavy atom. The lowest BCUT2D eigenvalue weighted by atomic mass is 9.74. The van der Waals surface area contributed by atoms with Gasteiger partial charge in [0.15, 0.2) is 0 Å². The van der Waals surface area contributed by atoms with Crippen molar-refractivity contribution in [3.63, 3.8) is 0 Å². The first-order chi connectivity index (χ1) is 11.2. The highest BCUT2D eigenvalue weighted by atomic mass is 32.1. The predicted molar refractivity (Wildman–Crippen MR) is 100 cm³/mol. The third-order valence-electron chi connectivity index (χ3n) is 5.06. The van der Waals surface area contributed by atoms with Gasteiger partial charge in [0.2, 0.25) is 0 Å². The molecule has 0 amide bonds. The molecule has 0 bridgehead atoms. The van der Waals surface area contributed by atoms with Gasteiger partial charge < -0.3 is 10.2 Å². The van der Waals surface area contributed by atoms with Crippen molar-refractivity contribution in [2.75, 3.05) is 23.7 Å². The van der Waals surface area contributed by atoms with E-state index in [0.29, 0.717) is 0 Å². The summed E-state index contributed by atoms with van der Waals surface area (Å²) in [6, 6.07) is 8.68. The van der Waals surface area contributed by atoms with E-state index in [1.165, 1.54) is 22.5 Å². The SMILES string of the molecule is CC1=C2N(c3ccccc3C2(CCS)C2=NCCN2)C(C)N=C1.